The normalized spacial score (nSPS) is 20.2. The largest absolute Gasteiger partial charge is 0.434 e. The van der Waals surface area contributed by atoms with Gasteiger partial charge in [0.25, 0.3) is 10.0 Å². The first-order chi connectivity index (χ1) is 13.0. The van der Waals surface area contributed by atoms with Gasteiger partial charge in [0.1, 0.15) is 0 Å². The number of nitrogens with zero attached hydrogens (tertiary/aromatic N) is 2. The molecule has 0 saturated carbocycles. The van der Waals surface area contributed by atoms with Gasteiger partial charge in [0.15, 0.2) is 5.82 Å². The summed E-state index contributed by atoms with van der Waals surface area (Å²) in [5.74, 6) is -0.308. The zero-order valence-electron chi connectivity index (χ0n) is 14.1. The predicted octanol–water partition coefficient (Wildman–Crippen LogP) is 3.81. The molecule has 7 nitrogen and oxygen atoms in total. The van der Waals surface area contributed by atoms with Gasteiger partial charge in [0.05, 0.1) is 16.6 Å². The number of anilines is 2. The summed E-state index contributed by atoms with van der Waals surface area (Å²) in [5, 5.41) is 0.180. The Labute approximate surface area is 163 Å². The number of sulfonamides is 1. The lowest BCUT2D eigenvalue weighted by Gasteiger charge is -2.23. The summed E-state index contributed by atoms with van der Waals surface area (Å²) in [6, 6.07) is 6.59. The van der Waals surface area contributed by atoms with Crippen molar-refractivity contribution in [1.29, 1.82) is 0 Å². The second-order valence-corrected chi connectivity index (χ2v) is 8.01. The van der Waals surface area contributed by atoms with E-state index in [-0.39, 0.29) is 21.4 Å². The highest BCUT2D eigenvalue weighted by atomic mass is 35.5. The summed E-state index contributed by atoms with van der Waals surface area (Å²) >= 11 is 5.81. The molecule has 0 bridgehead atoms. The van der Waals surface area contributed by atoms with Gasteiger partial charge < -0.3 is 4.74 Å². The Balaban J connectivity index is 1.97. The molecule has 1 aromatic carbocycles. The fourth-order valence-electron chi connectivity index (χ4n) is 2.69. The third-order valence-electron chi connectivity index (χ3n) is 3.96. The van der Waals surface area contributed by atoms with E-state index in [4.69, 9.17) is 11.6 Å². The number of carbonyl (C=O) groups excluding carboxylic acids is 1. The van der Waals surface area contributed by atoms with Crippen LogP contribution in [-0.2, 0) is 14.8 Å². The number of aromatic nitrogens is 1. The van der Waals surface area contributed by atoms with E-state index in [1.54, 1.807) is 0 Å². The van der Waals surface area contributed by atoms with Crippen molar-refractivity contribution < 1.29 is 31.1 Å². The van der Waals surface area contributed by atoms with Crippen LogP contribution >= 0.6 is 11.6 Å². The topological polar surface area (TPSA) is 88.6 Å². The van der Waals surface area contributed by atoms with Gasteiger partial charge in [-0.25, -0.2) is 18.2 Å². The summed E-state index contributed by atoms with van der Waals surface area (Å²) < 4.78 is 71.0. The van der Waals surface area contributed by atoms with Crippen molar-refractivity contribution in [3.63, 3.8) is 0 Å². The Morgan fingerprint density at radius 1 is 1.25 bits per heavy atom. The number of alkyl halides is 3. The van der Waals surface area contributed by atoms with Crippen molar-refractivity contribution >= 4 is 39.2 Å². The standard InChI is InChI=1S/C16H13ClF3N3O4S/c1-9-13(16(18,19)20)27-15(24)23(9)14-12(6-3-7-21-14)22-28(25,26)11-5-2-4-10(17)8-11/h2-9,13,22H,1H3/t9-,13+/m0/s1. The van der Waals surface area contributed by atoms with Gasteiger partial charge in [0.2, 0.25) is 6.10 Å². The van der Waals surface area contributed by atoms with Gasteiger partial charge in [-0.1, -0.05) is 17.7 Å². The van der Waals surface area contributed by atoms with Crippen molar-refractivity contribution in [2.24, 2.45) is 0 Å². The maximum absolute atomic E-state index is 13.1. The molecule has 1 N–H and O–H groups in total. The SMILES string of the molecule is C[C@H]1[C@H](C(F)(F)F)OC(=O)N1c1ncccc1NS(=O)(=O)c1cccc(Cl)c1. The summed E-state index contributed by atoms with van der Waals surface area (Å²) in [6.45, 7) is 1.13. The maximum Gasteiger partial charge on any atom is 0.427 e. The highest BCUT2D eigenvalue weighted by molar-refractivity contribution is 7.92. The van der Waals surface area contributed by atoms with Crippen LogP contribution in [0.2, 0.25) is 5.02 Å². The molecule has 2 atom stereocenters. The van der Waals surface area contributed by atoms with E-state index in [0.29, 0.717) is 4.90 Å². The van der Waals surface area contributed by atoms with Crippen LogP contribution in [0, 0.1) is 0 Å². The molecule has 1 amide bonds. The Kier molecular flexibility index (Phi) is 5.15. The van der Waals surface area contributed by atoms with Gasteiger partial charge in [-0.05, 0) is 37.3 Å². The molecule has 150 valence electrons. The summed E-state index contributed by atoms with van der Waals surface area (Å²) in [7, 11) is -4.14. The molecule has 28 heavy (non-hydrogen) atoms. The minimum Gasteiger partial charge on any atom is -0.434 e. The predicted molar refractivity (Wildman–Crippen MR) is 94.8 cm³/mol. The second kappa shape index (κ2) is 7.13. The van der Waals surface area contributed by atoms with E-state index >= 15 is 0 Å². The highest BCUT2D eigenvalue weighted by Gasteiger charge is 2.55. The molecule has 1 aliphatic rings. The molecular formula is C16H13ClF3N3O4S. The number of nitrogens with one attached hydrogen (secondary N) is 1. The quantitative estimate of drug-likeness (QED) is 0.788. The molecule has 1 saturated heterocycles. The first-order valence-corrected chi connectivity index (χ1v) is 9.67. The van der Waals surface area contributed by atoms with Gasteiger partial charge in [-0.3, -0.25) is 9.62 Å². The number of benzene rings is 1. The molecule has 0 spiro atoms. The van der Waals surface area contributed by atoms with Gasteiger partial charge >= 0.3 is 12.3 Å². The lowest BCUT2D eigenvalue weighted by molar-refractivity contribution is -0.198. The fourth-order valence-corrected chi connectivity index (χ4v) is 4.05. The second-order valence-electron chi connectivity index (χ2n) is 5.89. The van der Waals surface area contributed by atoms with Crippen molar-refractivity contribution in [1.82, 2.24) is 4.98 Å². The number of cyclic esters (lactones) is 1. The van der Waals surface area contributed by atoms with Gasteiger partial charge in [-0.15, -0.1) is 0 Å². The number of amides is 1. The van der Waals surface area contributed by atoms with Gasteiger partial charge in [-0.2, -0.15) is 13.2 Å². The molecule has 2 heterocycles. The monoisotopic (exact) mass is 435 g/mol. The average Bonchev–Trinajstić information content (AvgIpc) is 2.90. The van der Waals surface area contributed by atoms with Crippen LogP contribution in [-0.4, -0.2) is 37.8 Å². The lowest BCUT2D eigenvalue weighted by atomic mass is 10.1. The Morgan fingerprint density at radius 2 is 1.96 bits per heavy atom. The van der Waals surface area contributed by atoms with E-state index in [1.165, 1.54) is 42.6 Å². The van der Waals surface area contributed by atoms with Crippen LogP contribution < -0.4 is 9.62 Å². The number of ether oxygens (including phenoxy) is 1. The Bertz CT molecular complexity index is 1020. The Hall–Kier alpha value is -2.53. The molecule has 0 unspecified atom stereocenters. The highest BCUT2D eigenvalue weighted by Crippen LogP contribution is 2.37. The van der Waals surface area contributed by atoms with Crippen LogP contribution in [0.15, 0.2) is 47.5 Å². The van der Waals surface area contributed by atoms with Crippen molar-refractivity contribution in [2.45, 2.75) is 30.1 Å². The van der Waals surface area contributed by atoms with E-state index < -0.39 is 34.4 Å². The van der Waals surface area contributed by atoms with Crippen LogP contribution in [0.1, 0.15) is 6.92 Å². The molecule has 0 aliphatic carbocycles. The number of carbonyl (C=O) groups is 1. The van der Waals surface area contributed by atoms with Crippen LogP contribution in [0.3, 0.4) is 0 Å². The number of hydrogen-bond donors (Lipinski definition) is 1. The Morgan fingerprint density at radius 3 is 2.57 bits per heavy atom. The van der Waals surface area contributed by atoms with Crippen LogP contribution in [0.4, 0.5) is 29.5 Å². The van der Waals surface area contributed by atoms with Crippen LogP contribution in [0.5, 0.6) is 0 Å². The van der Waals surface area contributed by atoms with E-state index in [2.05, 4.69) is 14.4 Å². The molecule has 1 fully saturated rings. The van der Waals surface area contributed by atoms with Gasteiger partial charge in [0, 0.05) is 11.2 Å². The summed E-state index contributed by atoms with van der Waals surface area (Å²) in [5.41, 5.74) is -0.186. The molecule has 3 rings (SSSR count). The van der Waals surface area contributed by atoms with Crippen LogP contribution in [0.25, 0.3) is 0 Å². The van der Waals surface area contributed by atoms with E-state index in [9.17, 15) is 26.4 Å². The first-order valence-electron chi connectivity index (χ1n) is 7.80. The summed E-state index contributed by atoms with van der Waals surface area (Å²) in [4.78, 5) is 16.4. The number of halogens is 4. The minimum atomic E-state index is -4.78. The maximum atomic E-state index is 13.1. The van der Waals surface area contributed by atoms with Crippen molar-refractivity contribution in [3.05, 3.63) is 47.6 Å². The number of rotatable bonds is 4. The molecular weight excluding hydrogens is 423 g/mol. The lowest BCUT2D eigenvalue weighted by Crippen LogP contribution is -2.41. The number of pyridine rings is 1. The average molecular weight is 436 g/mol. The third-order valence-corrected chi connectivity index (χ3v) is 5.56. The number of hydrogen-bond acceptors (Lipinski definition) is 5. The smallest absolute Gasteiger partial charge is 0.427 e. The zero-order chi connectivity index (χ0) is 20.7. The van der Waals surface area contributed by atoms with E-state index in [1.807, 2.05) is 0 Å². The molecule has 2 aromatic rings. The fraction of sp³-hybridized carbons (Fsp3) is 0.250. The first kappa shape index (κ1) is 20.2. The van der Waals surface area contributed by atoms with Crippen molar-refractivity contribution in [3.8, 4) is 0 Å². The molecule has 1 aromatic heterocycles. The third kappa shape index (κ3) is 3.85. The summed E-state index contributed by atoms with van der Waals surface area (Å²) in [6.07, 6.45) is -7.21. The molecule has 1 aliphatic heterocycles. The molecule has 0 radical (unpaired) electrons. The zero-order valence-corrected chi connectivity index (χ0v) is 15.7. The van der Waals surface area contributed by atoms with Crippen molar-refractivity contribution in [2.75, 3.05) is 9.62 Å². The molecule has 12 heteroatoms. The minimum absolute atomic E-state index is 0.167. The van der Waals surface area contributed by atoms with E-state index in [0.717, 1.165) is 6.92 Å².